The van der Waals surface area contributed by atoms with Crippen molar-refractivity contribution < 1.29 is 4.79 Å². The van der Waals surface area contributed by atoms with Crippen molar-refractivity contribution >= 4 is 5.91 Å². The van der Waals surface area contributed by atoms with Gasteiger partial charge in [0.1, 0.15) is 0 Å². The smallest absolute Gasteiger partial charge is 0.240 e. The highest BCUT2D eigenvalue weighted by molar-refractivity contribution is 5.84. The van der Waals surface area contributed by atoms with Gasteiger partial charge < -0.3 is 4.90 Å². The number of carbonyl (C=O) groups excluding carboxylic acids is 1. The van der Waals surface area contributed by atoms with Crippen LogP contribution >= 0.6 is 0 Å². The van der Waals surface area contributed by atoms with Crippen LogP contribution in [0.2, 0.25) is 0 Å². The Kier molecular flexibility index (Phi) is 4.08. The van der Waals surface area contributed by atoms with Crippen molar-refractivity contribution in [3.05, 3.63) is 0 Å². The highest BCUT2D eigenvalue weighted by Gasteiger charge is 2.41. The van der Waals surface area contributed by atoms with E-state index in [1.54, 1.807) is 0 Å². The van der Waals surface area contributed by atoms with Crippen molar-refractivity contribution in [1.82, 2.24) is 10.2 Å². The predicted molar refractivity (Wildman–Crippen MR) is 69.6 cm³/mol. The second kappa shape index (κ2) is 5.38. The Morgan fingerprint density at radius 1 is 1.29 bits per heavy atom. The maximum absolute atomic E-state index is 12.3. The van der Waals surface area contributed by atoms with Crippen LogP contribution in [0.15, 0.2) is 0 Å². The molecule has 3 heteroatoms. The number of carbonyl (C=O) groups is 1. The Morgan fingerprint density at radius 3 is 2.65 bits per heavy atom. The Labute approximate surface area is 105 Å². The van der Waals surface area contributed by atoms with Crippen LogP contribution in [-0.4, -0.2) is 29.1 Å². The molecule has 1 saturated heterocycles. The highest BCUT2D eigenvalue weighted by Crippen LogP contribution is 2.32. The monoisotopic (exact) mass is 238 g/mol. The lowest BCUT2D eigenvalue weighted by Gasteiger charge is -2.39. The zero-order chi connectivity index (χ0) is 12.4. The van der Waals surface area contributed by atoms with Crippen LogP contribution in [0.3, 0.4) is 0 Å². The van der Waals surface area contributed by atoms with Crippen LogP contribution in [-0.2, 0) is 4.79 Å². The first-order valence-corrected chi connectivity index (χ1v) is 7.23. The maximum Gasteiger partial charge on any atom is 0.240 e. The van der Waals surface area contributed by atoms with Crippen LogP contribution in [0.4, 0.5) is 0 Å². The Balaban J connectivity index is 2.11. The summed E-state index contributed by atoms with van der Waals surface area (Å²) < 4.78 is 0. The van der Waals surface area contributed by atoms with Gasteiger partial charge in [0.15, 0.2) is 0 Å². The second-order valence-corrected chi connectivity index (χ2v) is 5.77. The van der Waals surface area contributed by atoms with E-state index in [2.05, 4.69) is 24.1 Å². The van der Waals surface area contributed by atoms with Gasteiger partial charge in [-0.25, -0.2) is 0 Å². The molecule has 4 unspecified atom stereocenters. The molecule has 17 heavy (non-hydrogen) atoms. The summed E-state index contributed by atoms with van der Waals surface area (Å²) in [5, 5.41) is 3.45. The third-order valence-electron chi connectivity index (χ3n) is 4.39. The van der Waals surface area contributed by atoms with E-state index in [1.165, 1.54) is 25.7 Å². The minimum atomic E-state index is 0.0145. The second-order valence-electron chi connectivity index (χ2n) is 5.77. The number of amides is 1. The third kappa shape index (κ3) is 2.49. The zero-order valence-corrected chi connectivity index (χ0v) is 11.4. The van der Waals surface area contributed by atoms with Crippen LogP contribution in [0.5, 0.6) is 0 Å². The molecule has 1 N–H and O–H groups in total. The van der Waals surface area contributed by atoms with E-state index >= 15 is 0 Å². The Bertz CT molecular complexity index is 279. The lowest BCUT2D eigenvalue weighted by molar-refractivity contribution is -0.133. The van der Waals surface area contributed by atoms with Gasteiger partial charge in [-0.05, 0) is 32.1 Å². The fourth-order valence-corrected chi connectivity index (χ4v) is 3.42. The van der Waals surface area contributed by atoms with Gasteiger partial charge in [0.25, 0.3) is 0 Å². The summed E-state index contributed by atoms with van der Waals surface area (Å²) >= 11 is 0. The summed E-state index contributed by atoms with van der Waals surface area (Å²) in [6, 6.07) is 0.492. The summed E-state index contributed by atoms with van der Waals surface area (Å²) in [5.41, 5.74) is 0. The van der Waals surface area contributed by atoms with Crippen molar-refractivity contribution in [2.24, 2.45) is 5.92 Å². The SMILES string of the molecule is CCCC1NC(C)C(=O)N1C1CCCCC1C. The van der Waals surface area contributed by atoms with Gasteiger partial charge in [0.2, 0.25) is 5.91 Å². The summed E-state index contributed by atoms with van der Waals surface area (Å²) in [6.07, 6.45) is 7.60. The lowest BCUT2D eigenvalue weighted by atomic mass is 9.84. The van der Waals surface area contributed by atoms with Gasteiger partial charge in [0.05, 0.1) is 12.2 Å². The summed E-state index contributed by atoms with van der Waals surface area (Å²) in [5.74, 6) is 0.987. The molecule has 2 fully saturated rings. The number of hydrogen-bond donors (Lipinski definition) is 1. The molecule has 2 aliphatic rings. The largest absolute Gasteiger partial charge is 0.323 e. The zero-order valence-electron chi connectivity index (χ0n) is 11.4. The third-order valence-corrected chi connectivity index (χ3v) is 4.39. The molecule has 3 nitrogen and oxygen atoms in total. The maximum atomic E-state index is 12.3. The van der Waals surface area contributed by atoms with Gasteiger partial charge in [-0.15, -0.1) is 0 Å². The predicted octanol–water partition coefficient (Wildman–Crippen LogP) is 2.51. The molecule has 1 saturated carbocycles. The van der Waals surface area contributed by atoms with E-state index in [4.69, 9.17) is 0 Å². The molecule has 4 atom stereocenters. The molecule has 2 rings (SSSR count). The highest BCUT2D eigenvalue weighted by atomic mass is 16.2. The molecule has 0 bridgehead atoms. The van der Waals surface area contributed by atoms with E-state index in [9.17, 15) is 4.79 Å². The number of nitrogens with one attached hydrogen (secondary N) is 1. The fourth-order valence-electron chi connectivity index (χ4n) is 3.42. The molecule has 0 radical (unpaired) electrons. The molecule has 98 valence electrons. The number of hydrogen-bond acceptors (Lipinski definition) is 2. The minimum Gasteiger partial charge on any atom is -0.323 e. The molecule has 1 amide bonds. The van der Waals surface area contributed by atoms with Crippen molar-refractivity contribution in [3.63, 3.8) is 0 Å². The Hall–Kier alpha value is -0.570. The normalized spacial score (nSPS) is 38.8. The van der Waals surface area contributed by atoms with Crippen molar-refractivity contribution in [2.45, 2.75) is 77.5 Å². The quantitative estimate of drug-likeness (QED) is 0.819. The van der Waals surface area contributed by atoms with E-state index < -0.39 is 0 Å². The van der Waals surface area contributed by atoms with E-state index in [0.29, 0.717) is 17.9 Å². The van der Waals surface area contributed by atoms with E-state index in [0.717, 1.165) is 12.8 Å². The minimum absolute atomic E-state index is 0.0145. The number of nitrogens with zero attached hydrogens (tertiary/aromatic N) is 1. The Morgan fingerprint density at radius 2 is 2.00 bits per heavy atom. The topological polar surface area (TPSA) is 32.3 Å². The van der Waals surface area contributed by atoms with Crippen molar-refractivity contribution in [3.8, 4) is 0 Å². The first-order chi connectivity index (χ1) is 8.15. The van der Waals surface area contributed by atoms with E-state index in [1.807, 2.05) is 6.92 Å². The first kappa shape index (κ1) is 12.9. The molecule has 0 aromatic rings. The van der Waals surface area contributed by atoms with Crippen LogP contribution < -0.4 is 5.32 Å². The van der Waals surface area contributed by atoms with Crippen LogP contribution in [0.1, 0.15) is 59.3 Å². The molecule has 0 aromatic heterocycles. The average Bonchev–Trinajstić information content (AvgIpc) is 2.57. The first-order valence-electron chi connectivity index (χ1n) is 7.23. The van der Waals surface area contributed by atoms with Crippen molar-refractivity contribution in [2.75, 3.05) is 0 Å². The summed E-state index contributed by atoms with van der Waals surface area (Å²) in [6.45, 7) is 6.50. The van der Waals surface area contributed by atoms with Gasteiger partial charge in [0, 0.05) is 6.04 Å². The lowest BCUT2D eigenvalue weighted by Crippen LogP contribution is -2.48. The van der Waals surface area contributed by atoms with E-state index in [-0.39, 0.29) is 12.2 Å². The molecule has 1 heterocycles. The molecule has 1 aliphatic carbocycles. The molecule has 0 aromatic carbocycles. The van der Waals surface area contributed by atoms with Gasteiger partial charge >= 0.3 is 0 Å². The van der Waals surface area contributed by atoms with Gasteiger partial charge in [-0.3, -0.25) is 10.1 Å². The summed E-state index contributed by atoms with van der Waals surface area (Å²) in [4.78, 5) is 14.5. The molecule has 1 aliphatic heterocycles. The van der Waals surface area contributed by atoms with Gasteiger partial charge in [-0.2, -0.15) is 0 Å². The average molecular weight is 238 g/mol. The van der Waals surface area contributed by atoms with Crippen LogP contribution in [0, 0.1) is 5.92 Å². The standard InChI is InChI=1S/C14H26N2O/c1-4-7-13-15-11(3)14(17)16(13)12-9-6-5-8-10(12)2/h10-13,15H,4-9H2,1-3H3. The summed E-state index contributed by atoms with van der Waals surface area (Å²) in [7, 11) is 0. The fraction of sp³-hybridized carbons (Fsp3) is 0.929. The molecule has 0 spiro atoms. The molecular formula is C14H26N2O. The van der Waals surface area contributed by atoms with Crippen molar-refractivity contribution in [1.29, 1.82) is 0 Å². The van der Waals surface area contributed by atoms with Crippen LogP contribution in [0.25, 0.3) is 0 Å². The number of rotatable bonds is 3. The molecular weight excluding hydrogens is 212 g/mol. The van der Waals surface area contributed by atoms with Gasteiger partial charge in [-0.1, -0.05) is 33.1 Å².